The number of rotatable bonds is 2. The van der Waals surface area contributed by atoms with Crippen LogP contribution in [0.5, 0.6) is 5.75 Å². The molecule has 0 bridgehead atoms. The minimum Gasteiger partial charge on any atom is -0.487 e. The van der Waals surface area contributed by atoms with Crippen LogP contribution in [0.3, 0.4) is 0 Å². The lowest BCUT2D eigenvalue weighted by Gasteiger charge is -2.16. The van der Waals surface area contributed by atoms with Gasteiger partial charge in [-0.25, -0.2) is 0 Å². The van der Waals surface area contributed by atoms with E-state index in [-0.39, 0.29) is 11.6 Å². The van der Waals surface area contributed by atoms with Crippen molar-refractivity contribution in [3.8, 4) is 5.75 Å². The van der Waals surface area contributed by atoms with E-state index in [1.54, 1.807) is 0 Å². The van der Waals surface area contributed by atoms with Crippen molar-refractivity contribution in [2.75, 3.05) is 0 Å². The normalized spacial score (nSPS) is 17.2. The van der Waals surface area contributed by atoms with Crippen LogP contribution in [-0.4, -0.2) is 5.60 Å². The van der Waals surface area contributed by atoms with Gasteiger partial charge in [0.2, 0.25) is 0 Å². The van der Waals surface area contributed by atoms with Crippen molar-refractivity contribution in [3.63, 3.8) is 0 Å². The third-order valence-electron chi connectivity index (χ3n) is 3.99. The molecule has 1 unspecified atom stereocenters. The van der Waals surface area contributed by atoms with Crippen molar-refractivity contribution in [2.24, 2.45) is 5.73 Å². The molecule has 0 fully saturated rings. The van der Waals surface area contributed by atoms with E-state index in [2.05, 4.69) is 32.0 Å². The standard InChI is InChI=1S/C18H20ClNO/c1-11-8-12(4-6-15(11)19)17(20)13-5-7-16-14(9-13)10-18(2,3)21-16/h4-9,17H,10,20H2,1-3H3. The molecule has 1 aliphatic rings. The average Bonchev–Trinajstić information content (AvgIpc) is 2.73. The highest BCUT2D eigenvalue weighted by atomic mass is 35.5. The molecule has 2 aromatic carbocycles. The van der Waals surface area contributed by atoms with Gasteiger partial charge in [0.1, 0.15) is 11.4 Å². The number of ether oxygens (including phenoxy) is 1. The molecule has 1 aliphatic heterocycles. The zero-order valence-electron chi connectivity index (χ0n) is 12.6. The van der Waals surface area contributed by atoms with Crippen molar-refractivity contribution in [1.82, 2.24) is 0 Å². The lowest BCUT2D eigenvalue weighted by Crippen LogP contribution is -2.24. The molecule has 3 rings (SSSR count). The Kier molecular flexibility index (Phi) is 3.46. The van der Waals surface area contributed by atoms with E-state index in [9.17, 15) is 0 Å². The van der Waals surface area contributed by atoms with E-state index >= 15 is 0 Å². The third kappa shape index (κ3) is 2.78. The Hall–Kier alpha value is -1.51. The van der Waals surface area contributed by atoms with Crippen LogP contribution in [-0.2, 0) is 6.42 Å². The highest BCUT2D eigenvalue weighted by Gasteiger charge is 2.30. The van der Waals surface area contributed by atoms with Gasteiger partial charge < -0.3 is 10.5 Å². The minimum absolute atomic E-state index is 0.123. The van der Waals surface area contributed by atoms with E-state index in [1.165, 1.54) is 5.56 Å². The van der Waals surface area contributed by atoms with Crippen LogP contribution in [0.25, 0.3) is 0 Å². The summed E-state index contributed by atoms with van der Waals surface area (Å²) >= 11 is 6.08. The van der Waals surface area contributed by atoms with Gasteiger partial charge in [-0.05, 0) is 55.2 Å². The molecule has 2 aromatic rings. The van der Waals surface area contributed by atoms with Gasteiger partial charge in [0.05, 0.1) is 6.04 Å². The largest absolute Gasteiger partial charge is 0.487 e. The zero-order chi connectivity index (χ0) is 15.2. The molecule has 0 amide bonds. The zero-order valence-corrected chi connectivity index (χ0v) is 13.4. The van der Waals surface area contributed by atoms with Crippen molar-refractivity contribution in [3.05, 3.63) is 63.7 Å². The second-order valence-corrected chi connectivity index (χ2v) is 6.80. The predicted molar refractivity (Wildman–Crippen MR) is 87.1 cm³/mol. The Bertz CT molecular complexity index is 694. The number of halogens is 1. The van der Waals surface area contributed by atoms with Gasteiger partial charge >= 0.3 is 0 Å². The monoisotopic (exact) mass is 301 g/mol. The van der Waals surface area contributed by atoms with E-state index in [1.807, 2.05) is 25.1 Å². The molecule has 2 nitrogen and oxygen atoms in total. The molecule has 21 heavy (non-hydrogen) atoms. The maximum Gasteiger partial charge on any atom is 0.123 e. The van der Waals surface area contributed by atoms with Crippen molar-refractivity contribution in [1.29, 1.82) is 0 Å². The second kappa shape index (κ2) is 5.04. The van der Waals surface area contributed by atoms with Gasteiger partial charge in [0.25, 0.3) is 0 Å². The Morgan fingerprint density at radius 1 is 1.14 bits per heavy atom. The number of fused-ring (bicyclic) bond motifs is 1. The SMILES string of the molecule is Cc1cc(C(N)c2ccc3c(c2)CC(C)(C)O3)ccc1Cl. The number of aryl methyl sites for hydroxylation is 1. The van der Waals surface area contributed by atoms with Crippen LogP contribution < -0.4 is 10.5 Å². The molecule has 0 radical (unpaired) electrons. The van der Waals surface area contributed by atoms with Crippen molar-refractivity contribution < 1.29 is 4.74 Å². The molecule has 1 atom stereocenters. The van der Waals surface area contributed by atoms with Gasteiger partial charge in [0, 0.05) is 11.4 Å². The first-order chi connectivity index (χ1) is 9.85. The van der Waals surface area contributed by atoms with Crippen molar-refractivity contribution in [2.45, 2.75) is 38.8 Å². The summed E-state index contributed by atoms with van der Waals surface area (Å²) in [7, 11) is 0. The first kappa shape index (κ1) is 14.4. The maximum absolute atomic E-state index is 6.41. The average molecular weight is 302 g/mol. The van der Waals surface area contributed by atoms with Gasteiger partial charge in [0.15, 0.2) is 0 Å². The molecular formula is C18H20ClNO. The summed E-state index contributed by atoms with van der Waals surface area (Å²) < 4.78 is 5.91. The summed E-state index contributed by atoms with van der Waals surface area (Å²) in [5, 5.41) is 0.773. The molecule has 3 heteroatoms. The van der Waals surface area contributed by atoms with Crippen LogP contribution in [0.1, 0.15) is 42.1 Å². The predicted octanol–water partition coefficient (Wildman–Crippen LogP) is 4.41. The Labute approximate surface area is 130 Å². The number of hydrogen-bond donors (Lipinski definition) is 1. The topological polar surface area (TPSA) is 35.2 Å². The highest BCUT2D eigenvalue weighted by molar-refractivity contribution is 6.31. The summed E-state index contributed by atoms with van der Waals surface area (Å²) in [6.07, 6.45) is 0.919. The maximum atomic E-state index is 6.41. The van der Waals surface area contributed by atoms with E-state index in [0.29, 0.717) is 0 Å². The van der Waals surface area contributed by atoms with Crippen LogP contribution in [0.15, 0.2) is 36.4 Å². The second-order valence-electron chi connectivity index (χ2n) is 6.39. The van der Waals surface area contributed by atoms with Crippen LogP contribution in [0, 0.1) is 6.92 Å². The Morgan fingerprint density at radius 3 is 2.52 bits per heavy atom. The molecule has 0 aromatic heterocycles. The number of hydrogen-bond acceptors (Lipinski definition) is 2. The molecule has 0 aliphatic carbocycles. The summed E-state index contributed by atoms with van der Waals surface area (Å²) in [6, 6.07) is 12.1. The van der Waals surface area contributed by atoms with Gasteiger partial charge in [-0.1, -0.05) is 35.9 Å². The summed E-state index contributed by atoms with van der Waals surface area (Å²) in [5.41, 5.74) is 10.8. The minimum atomic E-state index is -0.144. The smallest absolute Gasteiger partial charge is 0.123 e. The molecule has 0 saturated heterocycles. The van der Waals surface area contributed by atoms with E-state index in [0.717, 1.165) is 33.9 Å². The van der Waals surface area contributed by atoms with Gasteiger partial charge in [-0.3, -0.25) is 0 Å². The first-order valence-electron chi connectivity index (χ1n) is 7.19. The van der Waals surface area contributed by atoms with Crippen LogP contribution in [0.4, 0.5) is 0 Å². The van der Waals surface area contributed by atoms with Gasteiger partial charge in [-0.2, -0.15) is 0 Å². The van der Waals surface area contributed by atoms with Crippen molar-refractivity contribution >= 4 is 11.6 Å². The molecule has 0 saturated carbocycles. The summed E-state index contributed by atoms with van der Waals surface area (Å²) in [4.78, 5) is 0. The number of benzene rings is 2. The third-order valence-corrected chi connectivity index (χ3v) is 4.41. The lowest BCUT2D eigenvalue weighted by molar-refractivity contribution is 0.138. The number of nitrogens with two attached hydrogens (primary N) is 1. The molecule has 1 heterocycles. The Morgan fingerprint density at radius 2 is 1.81 bits per heavy atom. The van der Waals surface area contributed by atoms with E-state index in [4.69, 9.17) is 22.1 Å². The summed E-state index contributed by atoms with van der Waals surface area (Å²) in [6.45, 7) is 6.21. The molecule has 2 N–H and O–H groups in total. The fourth-order valence-electron chi connectivity index (χ4n) is 2.88. The fourth-order valence-corrected chi connectivity index (χ4v) is 2.99. The molecule has 0 spiro atoms. The summed E-state index contributed by atoms with van der Waals surface area (Å²) in [5.74, 6) is 0.975. The first-order valence-corrected chi connectivity index (χ1v) is 7.57. The fraction of sp³-hybridized carbons (Fsp3) is 0.333. The van der Waals surface area contributed by atoms with E-state index < -0.39 is 0 Å². The Balaban J connectivity index is 1.93. The molecular weight excluding hydrogens is 282 g/mol. The van der Waals surface area contributed by atoms with Crippen LogP contribution in [0.2, 0.25) is 5.02 Å². The molecule has 110 valence electrons. The quantitative estimate of drug-likeness (QED) is 0.891. The highest BCUT2D eigenvalue weighted by Crippen LogP contribution is 2.36. The van der Waals surface area contributed by atoms with Gasteiger partial charge in [-0.15, -0.1) is 0 Å². The van der Waals surface area contributed by atoms with Crippen LogP contribution >= 0.6 is 11.6 Å². The lowest BCUT2D eigenvalue weighted by atomic mass is 9.94.